The SMILES string of the molecule is Cc1ccc(C)n1-c1ccc(C2=CCc3c2cc(C=O)c(Br)c3F)cc1. The van der Waals surface area contributed by atoms with Gasteiger partial charge in [-0.25, -0.2) is 4.39 Å². The van der Waals surface area contributed by atoms with Crippen molar-refractivity contribution in [2.75, 3.05) is 0 Å². The number of carbonyl (C=O) groups excluding carboxylic acids is 1. The molecule has 0 atom stereocenters. The van der Waals surface area contributed by atoms with Gasteiger partial charge in [-0.05, 0) is 83.2 Å². The quantitative estimate of drug-likeness (QED) is 0.501. The van der Waals surface area contributed by atoms with Crippen molar-refractivity contribution in [2.24, 2.45) is 0 Å². The molecule has 0 spiro atoms. The second kappa shape index (κ2) is 6.36. The zero-order chi connectivity index (χ0) is 18.4. The van der Waals surface area contributed by atoms with Gasteiger partial charge in [-0.2, -0.15) is 0 Å². The lowest BCUT2D eigenvalue weighted by molar-refractivity contribution is 0.112. The van der Waals surface area contributed by atoms with E-state index in [1.807, 2.05) is 6.08 Å². The molecule has 0 bridgehead atoms. The predicted molar refractivity (Wildman–Crippen MR) is 106 cm³/mol. The monoisotopic (exact) mass is 409 g/mol. The molecule has 2 aromatic carbocycles. The Labute approximate surface area is 160 Å². The Morgan fingerprint density at radius 1 is 1.08 bits per heavy atom. The van der Waals surface area contributed by atoms with E-state index in [4.69, 9.17) is 0 Å². The van der Waals surface area contributed by atoms with Gasteiger partial charge in [0.1, 0.15) is 5.82 Å². The van der Waals surface area contributed by atoms with E-state index < -0.39 is 0 Å². The number of aldehydes is 1. The first-order chi connectivity index (χ1) is 12.5. The van der Waals surface area contributed by atoms with Gasteiger partial charge in [0.2, 0.25) is 0 Å². The molecule has 3 aromatic rings. The van der Waals surface area contributed by atoms with Crippen molar-refractivity contribution in [1.82, 2.24) is 4.57 Å². The van der Waals surface area contributed by atoms with Gasteiger partial charge in [0.15, 0.2) is 6.29 Å². The van der Waals surface area contributed by atoms with Crippen LogP contribution in [0.2, 0.25) is 0 Å². The van der Waals surface area contributed by atoms with Crippen molar-refractivity contribution in [3.63, 3.8) is 0 Å². The summed E-state index contributed by atoms with van der Waals surface area (Å²) in [5.74, 6) is -0.342. The number of halogens is 2. The van der Waals surface area contributed by atoms with Crippen molar-refractivity contribution < 1.29 is 9.18 Å². The third kappa shape index (κ3) is 2.56. The summed E-state index contributed by atoms with van der Waals surface area (Å²) in [5.41, 5.74) is 7.24. The van der Waals surface area contributed by atoms with Crippen molar-refractivity contribution in [1.29, 1.82) is 0 Å². The largest absolute Gasteiger partial charge is 0.319 e. The van der Waals surface area contributed by atoms with Gasteiger partial charge >= 0.3 is 0 Å². The second-order valence-electron chi connectivity index (χ2n) is 6.56. The Morgan fingerprint density at radius 2 is 1.73 bits per heavy atom. The van der Waals surface area contributed by atoms with Crippen LogP contribution >= 0.6 is 15.9 Å². The number of aromatic nitrogens is 1. The highest BCUT2D eigenvalue weighted by atomic mass is 79.9. The molecule has 0 unspecified atom stereocenters. The molecule has 130 valence electrons. The van der Waals surface area contributed by atoms with Gasteiger partial charge in [-0.3, -0.25) is 4.79 Å². The van der Waals surface area contributed by atoms with Gasteiger partial charge in [0.25, 0.3) is 0 Å². The number of hydrogen-bond donors (Lipinski definition) is 0. The molecule has 1 aromatic heterocycles. The molecule has 2 nitrogen and oxygen atoms in total. The normalized spacial score (nSPS) is 12.8. The Kier molecular flexibility index (Phi) is 4.16. The Morgan fingerprint density at radius 3 is 2.35 bits per heavy atom. The number of aryl methyl sites for hydroxylation is 2. The van der Waals surface area contributed by atoms with Crippen molar-refractivity contribution in [2.45, 2.75) is 20.3 Å². The van der Waals surface area contributed by atoms with Gasteiger partial charge in [0.05, 0.1) is 4.47 Å². The molecule has 0 aliphatic heterocycles. The van der Waals surface area contributed by atoms with Gasteiger partial charge in [0, 0.05) is 28.2 Å². The molecule has 26 heavy (non-hydrogen) atoms. The van der Waals surface area contributed by atoms with Crippen LogP contribution in [-0.4, -0.2) is 10.9 Å². The maximum atomic E-state index is 14.5. The number of rotatable bonds is 3. The maximum Gasteiger partial charge on any atom is 0.151 e. The van der Waals surface area contributed by atoms with Crippen LogP contribution in [0.15, 0.2) is 53.0 Å². The molecule has 0 saturated heterocycles. The van der Waals surface area contributed by atoms with Crippen LogP contribution in [-0.2, 0) is 6.42 Å². The minimum atomic E-state index is -0.342. The maximum absolute atomic E-state index is 14.5. The van der Waals surface area contributed by atoms with Crippen LogP contribution in [0.1, 0.15) is 38.4 Å². The number of allylic oxidation sites excluding steroid dienone is 1. The topological polar surface area (TPSA) is 22.0 Å². The molecule has 4 rings (SSSR count). The van der Waals surface area contributed by atoms with Gasteiger partial charge in [-0.1, -0.05) is 18.2 Å². The molecular weight excluding hydrogens is 393 g/mol. The van der Waals surface area contributed by atoms with Crippen LogP contribution in [0.3, 0.4) is 0 Å². The highest BCUT2D eigenvalue weighted by molar-refractivity contribution is 9.10. The van der Waals surface area contributed by atoms with Crippen molar-refractivity contribution in [3.05, 3.63) is 92.5 Å². The molecule has 0 saturated carbocycles. The fourth-order valence-corrected chi connectivity index (χ4v) is 4.11. The van der Waals surface area contributed by atoms with Crippen molar-refractivity contribution in [3.8, 4) is 5.69 Å². The summed E-state index contributed by atoms with van der Waals surface area (Å²) in [6.07, 6.45) is 3.24. The zero-order valence-corrected chi connectivity index (χ0v) is 16.1. The van der Waals surface area contributed by atoms with Crippen LogP contribution in [0.5, 0.6) is 0 Å². The molecule has 0 radical (unpaired) electrons. The van der Waals surface area contributed by atoms with Crippen LogP contribution in [0, 0.1) is 19.7 Å². The standard InChI is InChI=1S/C22H17BrFNO/c1-13-3-4-14(2)25(13)17-7-5-15(6-8-17)18-9-10-19-20(18)11-16(12-26)21(23)22(19)24/h3-9,11-12H,10H2,1-2H3. The van der Waals surface area contributed by atoms with Gasteiger partial charge in [-0.15, -0.1) is 0 Å². The summed E-state index contributed by atoms with van der Waals surface area (Å²) in [7, 11) is 0. The fraction of sp³-hybridized carbons (Fsp3) is 0.136. The summed E-state index contributed by atoms with van der Waals surface area (Å²) < 4.78 is 17.0. The Bertz CT molecular complexity index is 1040. The first kappa shape index (κ1) is 17.0. The minimum Gasteiger partial charge on any atom is -0.319 e. The Balaban J connectivity index is 1.76. The summed E-state index contributed by atoms with van der Waals surface area (Å²) in [6.45, 7) is 4.16. The molecular formula is C22H17BrFNO. The molecule has 4 heteroatoms. The first-order valence-electron chi connectivity index (χ1n) is 8.43. The smallest absolute Gasteiger partial charge is 0.151 e. The fourth-order valence-electron chi connectivity index (χ4n) is 3.66. The zero-order valence-electron chi connectivity index (χ0n) is 14.5. The summed E-state index contributed by atoms with van der Waals surface area (Å²) >= 11 is 3.18. The van der Waals surface area contributed by atoms with E-state index in [0.29, 0.717) is 23.8 Å². The number of carbonyl (C=O) groups is 1. The summed E-state index contributed by atoms with van der Waals surface area (Å²) in [4.78, 5) is 11.2. The van der Waals surface area contributed by atoms with Crippen LogP contribution in [0.25, 0.3) is 11.3 Å². The average molecular weight is 410 g/mol. The third-order valence-electron chi connectivity index (χ3n) is 4.97. The second-order valence-corrected chi connectivity index (χ2v) is 7.35. The van der Waals surface area contributed by atoms with E-state index >= 15 is 0 Å². The van der Waals surface area contributed by atoms with Crippen LogP contribution < -0.4 is 0 Å². The van der Waals surface area contributed by atoms with Gasteiger partial charge < -0.3 is 4.57 Å². The summed E-state index contributed by atoms with van der Waals surface area (Å²) in [5, 5.41) is 0. The van der Waals surface area contributed by atoms with Crippen molar-refractivity contribution >= 4 is 27.8 Å². The highest BCUT2D eigenvalue weighted by Crippen LogP contribution is 2.38. The number of benzene rings is 2. The Hall–Kier alpha value is -2.46. The van der Waals surface area contributed by atoms with E-state index in [0.717, 1.165) is 22.4 Å². The molecule has 0 amide bonds. The predicted octanol–water partition coefficient (Wildman–Crippen LogP) is 5.80. The van der Waals surface area contributed by atoms with E-state index in [2.05, 4.69) is 70.7 Å². The lowest BCUT2D eigenvalue weighted by atomic mass is 9.97. The van der Waals surface area contributed by atoms with E-state index in [1.54, 1.807) is 6.07 Å². The average Bonchev–Trinajstić information content (AvgIpc) is 3.21. The first-order valence-corrected chi connectivity index (χ1v) is 9.23. The van der Waals surface area contributed by atoms with E-state index in [9.17, 15) is 9.18 Å². The van der Waals surface area contributed by atoms with E-state index in [1.165, 1.54) is 11.4 Å². The van der Waals surface area contributed by atoms with Crippen LogP contribution in [0.4, 0.5) is 4.39 Å². The summed E-state index contributed by atoms with van der Waals surface area (Å²) in [6, 6.07) is 14.2. The number of nitrogens with zero attached hydrogens (tertiary/aromatic N) is 1. The molecule has 0 fully saturated rings. The lowest BCUT2D eigenvalue weighted by Crippen LogP contribution is -1.99. The number of hydrogen-bond acceptors (Lipinski definition) is 1. The molecule has 1 heterocycles. The van der Waals surface area contributed by atoms with E-state index in [-0.39, 0.29) is 10.3 Å². The number of fused-ring (bicyclic) bond motifs is 1. The highest BCUT2D eigenvalue weighted by Gasteiger charge is 2.23. The third-order valence-corrected chi connectivity index (χ3v) is 5.78. The molecule has 0 N–H and O–H groups in total. The molecule has 1 aliphatic rings. The molecule has 1 aliphatic carbocycles. The minimum absolute atomic E-state index is 0.245. The lowest BCUT2D eigenvalue weighted by Gasteiger charge is -2.12.